The monoisotopic (exact) mass is 246 g/mol. The third-order valence-electron chi connectivity index (χ3n) is 2.53. The van der Waals surface area contributed by atoms with Crippen molar-refractivity contribution in [2.75, 3.05) is 6.61 Å². The highest BCUT2D eigenvalue weighted by molar-refractivity contribution is 7.87. The zero-order valence-electron chi connectivity index (χ0n) is 8.47. The Labute approximate surface area is 86.7 Å². The molecule has 0 aliphatic heterocycles. The van der Waals surface area contributed by atoms with Crippen LogP contribution in [0.25, 0.3) is 0 Å². The smallest absolute Gasteiger partial charge is 0.263 e. The van der Waals surface area contributed by atoms with Crippen molar-refractivity contribution >= 4 is 10.1 Å². The second-order valence-electron chi connectivity index (χ2n) is 4.49. The van der Waals surface area contributed by atoms with Gasteiger partial charge in [-0.15, -0.1) is 0 Å². The van der Waals surface area contributed by atoms with Crippen molar-refractivity contribution in [2.24, 2.45) is 11.3 Å². The summed E-state index contributed by atoms with van der Waals surface area (Å²) in [7, 11) is -5.42. The average Bonchev–Trinajstić information content (AvgIpc) is 1.96. The number of rotatable bonds is 3. The molecule has 0 saturated heterocycles. The maximum Gasteiger partial charge on any atom is 0.523 e. The molecule has 1 aliphatic carbocycles. The van der Waals surface area contributed by atoms with Crippen molar-refractivity contribution in [3.8, 4) is 0 Å². The first kappa shape index (κ1) is 12.8. The summed E-state index contributed by atoms with van der Waals surface area (Å²) in [6, 6.07) is 0. The molecule has 0 aromatic carbocycles. The van der Waals surface area contributed by atoms with E-state index in [0.717, 1.165) is 0 Å². The van der Waals surface area contributed by atoms with E-state index in [1.807, 2.05) is 6.92 Å². The minimum Gasteiger partial charge on any atom is -0.263 e. The minimum absolute atomic E-state index is 0.390. The van der Waals surface area contributed by atoms with Gasteiger partial charge in [-0.3, -0.25) is 4.18 Å². The van der Waals surface area contributed by atoms with Crippen LogP contribution < -0.4 is 0 Å². The summed E-state index contributed by atoms with van der Waals surface area (Å²) >= 11 is 0. The molecule has 0 heterocycles. The van der Waals surface area contributed by atoms with Crippen molar-refractivity contribution in [2.45, 2.75) is 32.2 Å². The fourth-order valence-electron chi connectivity index (χ4n) is 2.03. The summed E-state index contributed by atoms with van der Waals surface area (Å²) in [6.07, 6.45) is 1.39. The van der Waals surface area contributed by atoms with Crippen LogP contribution in [0.5, 0.6) is 0 Å². The van der Waals surface area contributed by atoms with Gasteiger partial charge in [0.25, 0.3) is 0 Å². The van der Waals surface area contributed by atoms with E-state index in [4.69, 9.17) is 0 Å². The van der Waals surface area contributed by atoms with E-state index < -0.39 is 21.0 Å². The summed E-state index contributed by atoms with van der Waals surface area (Å²) in [5, 5.41) is 0. The lowest BCUT2D eigenvalue weighted by Crippen LogP contribution is -2.39. The van der Waals surface area contributed by atoms with Gasteiger partial charge >= 0.3 is 15.6 Å². The van der Waals surface area contributed by atoms with Crippen LogP contribution in [0.1, 0.15) is 26.7 Å². The van der Waals surface area contributed by atoms with Crippen molar-refractivity contribution in [3.63, 3.8) is 0 Å². The number of halogens is 3. The fraction of sp³-hybridized carbons (Fsp3) is 1.00. The van der Waals surface area contributed by atoms with Crippen LogP contribution in [0, 0.1) is 11.3 Å². The van der Waals surface area contributed by atoms with E-state index in [1.165, 1.54) is 0 Å². The topological polar surface area (TPSA) is 43.4 Å². The molecule has 0 radical (unpaired) electrons. The van der Waals surface area contributed by atoms with E-state index in [2.05, 4.69) is 4.18 Å². The van der Waals surface area contributed by atoms with E-state index >= 15 is 0 Å². The summed E-state index contributed by atoms with van der Waals surface area (Å²) in [5.41, 5.74) is -5.75. The van der Waals surface area contributed by atoms with Crippen LogP contribution >= 0.6 is 0 Å². The molecule has 0 amide bonds. The standard InChI is InChI=1S/C8H13F3O3S/c1-6-3-7(2,4-6)5-14-15(12,13)8(9,10)11/h6H,3-5H2,1-2H3. The Bertz CT molecular complexity index is 328. The molecule has 1 fully saturated rings. The normalized spacial score (nSPS) is 32.5. The van der Waals surface area contributed by atoms with E-state index in [9.17, 15) is 21.6 Å². The lowest BCUT2D eigenvalue weighted by Gasteiger charge is -2.43. The number of alkyl halides is 3. The van der Waals surface area contributed by atoms with Gasteiger partial charge in [-0.2, -0.15) is 21.6 Å². The highest BCUT2D eigenvalue weighted by Gasteiger charge is 2.49. The minimum atomic E-state index is -5.42. The van der Waals surface area contributed by atoms with Gasteiger partial charge in [-0.25, -0.2) is 0 Å². The number of hydrogen-bond acceptors (Lipinski definition) is 3. The third kappa shape index (κ3) is 2.84. The molecular weight excluding hydrogens is 233 g/mol. The van der Waals surface area contributed by atoms with Crippen LogP contribution in [0.3, 0.4) is 0 Å². The molecular formula is C8H13F3O3S. The first-order chi connectivity index (χ1) is 6.56. The highest BCUT2D eigenvalue weighted by Crippen LogP contribution is 2.45. The zero-order chi connectivity index (χ0) is 11.9. The maximum absolute atomic E-state index is 11.9. The second-order valence-corrected chi connectivity index (χ2v) is 6.09. The Hall–Kier alpha value is -0.300. The SMILES string of the molecule is CC1CC(C)(COS(=O)(=O)C(F)(F)F)C1. The number of hydrogen-bond donors (Lipinski definition) is 0. The average molecular weight is 246 g/mol. The predicted molar refractivity (Wildman–Crippen MR) is 47.4 cm³/mol. The summed E-state index contributed by atoms with van der Waals surface area (Å²) in [5.74, 6) is 0.423. The van der Waals surface area contributed by atoms with E-state index in [1.54, 1.807) is 6.92 Å². The Morgan fingerprint density at radius 2 is 1.87 bits per heavy atom. The van der Waals surface area contributed by atoms with Crippen molar-refractivity contribution in [3.05, 3.63) is 0 Å². The Morgan fingerprint density at radius 1 is 1.40 bits per heavy atom. The fourth-order valence-corrected chi connectivity index (χ4v) is 2.60. The maximum atomic E-state index is 11.9. The van der Waals surface area contributed by atoms with Crippen LogP contribution in [0.4, 0.5) is 13.2 Å². The molecule has 0 atom stereocenters. The van der Waals surface area contributed by atoms with Gasteiger partial charge in [0.1, 0.15) is 0 Å². The molecule has 0 aromatic rings. The second kappa shape index (κ2) is 3.62. The van der Waals surface area contributed by atoms with Crippen molar-refractivity contribution < 1.29 is 25.8 Å². The molecule has 3 nitrogen and oxygen atoms in total. The van der Waals surface area contributed by atoms with E-state index in [0.29, 0.717) is 18.8 Å². The van der Waals surface area contributed by atoms with Gasteiger partial charge in [0, 0.05) is 0 Å². The van der Waals surface area contributed by atoms with Gasteiger partial charge in [0.2, 0.25) is 0 Å². The zero-order valence-corrected chi connectivity index (χ0v) is 9.28. The quantitative estimate of drug-likeness (QED) is 0.567. The van der Waals surface area contributed by atoms with Gasteiger partial charge < -0.3 is 0 Å². The molecule has 1 aliphatic rings. The molecule has 0 unspecified atom stereocenters. The molecule has 1 rings (SSSR count). The van der Waals surface area contributed by atoms with E-state index in [-0.39, 0.29) is 6.61 Å². The van der Waals surface area contributed by atoms with Gasteiger partial charge in [-0.1, -0.05) is 13.8 Å². The largest absolute Gasteiger partial charge is 0.523 e. The highest BCUT2D eigenvalue weighted by atomic mass is 32.2. The van der Waals surface area contributed by atoms with Crippen LogP contribution in [-0.2, 0) is 14.3 Å². The molecule has 1 saturated carbocycles. The molecule has 0 aromatic heterocycles. The van der Waals surface area contributed by atoms with Gasteiger partial charge in [-0.05, 0) is 24.2 Å². The molecule has 0 N–H and O–H groups in total. The molecule has 7 heteroatoms. The lowest BCUT2D eigenvalue weighted by molar-refractivity contribution is -0.0603. The Morgan fingerprint density at radius 3 is 2.20 bits per heavy atom. The van der Waals surface area contributed by atoms with Gasteiger partial charge in [0.05, 0.1) is 6.61 Å². The van der Waals surface area contributed by atoms with Crippen LogP contribution in [0.2, 0.25) is 0 Å². The Kier molecular flexibility index (Phi) is 3.08. The van der Waals surface area contributed by atoms with Crippen molar-refractivity contribution in [1.29, 1.82) is 0 Å². The Balaban J connectivity index is 2.51. The summed E-state index contributed by atoms with van der Waals surface area (Å²) in [4.78, 5) is 0. The molecule has 90 valence electrons. The molecule has 0 bridgehead atoms. The summed E-state index contributed by atoms with van der Waals surface area (Å²) in [6.45, 7) is 3.29. The molecule has 15 heavy (non-hydrogen) atoms. The first-order valence-electron chi connectivity index (χ1n) is 4.51. The van der Waals surface area contributed by atoms with Crippen LogP contribution in [-0.4, -0.2) is 20.5 Å². The molecule has 0 spiro atoms. The van der Waals surface area contributed by atoms with Crippen LogP contribution in [0.15, 0.2) is 0 Å². The van der Waals surface area contributed by atoms with Gasteiger partial charge in [0.15, 0.2) is 0 Å². The first-order valence-corrected chi connectivity index (χ1v) is 5.92. The lowest BCUT2D eigenvalue weighted by atomic mass is 9.64. The summed E-state index contributed by atoms with van der Waals surface area (Å²) < 4.78 is 60.8. The predicted octanol–water partition coefficient (Wildman–Crippen LogP) is 2.29. The van der Waals surface area contributed by atoms with Crippen molar-refractivity contribution in [1.82, 2.24) is 0 Å². The third-order valence-corrected chi connectivity index (χ3v) is 3.52.